The summed E-state index contributed by atoms with van der Waals surface area (Å²) in [5, 5.41) is 12.1. The topological polar surface area (TPSA) is 23.5 Å². The Balaban J connectivity index is 1.72. The molecule has 2 unspecified atom stereocenters. The molecule has 2 fully saturated rings. The summed E-state index contributed by atoms with van der Waals surface area (Å²) in [6, 6.07) is 18.1. The number of aryl methyl sites for hydroxylation is 2. The highest BCUT2D eigenvalue weighted by molar-refractivity contribution is 5.43. The molecule has 0 aliphatic carbocycles. The monoisotopic (exact) mass is 349 g/mol. The number of nitrogens with zero attached hydrogens (tertiary/aromatic N) is 1. The number of aliphatic hydroxyl groups is 1. The average Bonchev–Trinajstić information content (AvgIpc) is 2.83. The summed E-state index contributed by atoms with van der Waals surface area (Å²) in [6.07, 6.45) is 5.90. The third-order valence-corrected chi connectivity index (χ3v) is 6.96. The Morgan fingerprint density at radius 3 is 1.81 bits per heavy atom. The number of hydrogen-bond acceptors (Lipinski definition) is 2. The van der Waals surface area contributed by atoms with E-state index in [9.17, 15) is 5.11 Å². The molecule has 2 heterocycles. The first-order valence-corrected chi connectivity index (χ1v) is 10.1. The van der Waals surface area contributed by atoms with Gasteiger partial charge in [0.05, 0.1) is 0 Å². The molecule has 2 aliphatic heterocycles. The first-order chi connectivity index (χ1) is 12.5. The van der Waals surface area contributed by atoms with Crippen LogP contribution < -0.4 is 0 Å². The van der Waals surface area contributed by atoms with Crippen LogP contribution in [-0.2, 0) is 5.60 Å². The molecule has 26 heavy (non-hydrogen) atoms. The van der Waals surface area contributed by atoms with Crippen molar-refractivity contribution in [2.24, 2.45) is 5.92 Å². The Labute approximate surface area is 157 Å². The Morgan fingerprint density at radius 2 is 1.35 bits per heavy atom. The predicted molar refractivity (Wildman–Crippen MR) is 107 cm³/mol. The molecular formula is C24H31NO. The molecule has 2 aromatic carbocycles. The van der Waals surface area contributed by atoms with Crippen molar-refractivity contribution < 1.29 is 5.11 Å². The van der Waals surface area contributed by atoms with E-state index in [1.807, 2.05) is 0 Å². The molecule has 2 atom stereocenters. The second kappa shape index (κ2) is 6.83. The van der Waals surface area contributed by atoms with Crippen LogP contribution in [0.15, 0.2) is 48.5 Å². The van der Waals surface area contributed by atoms with Crippen LogP contribution in [0.2, 0.25) is 0 Å². The molecule has 2 bridgehead atoms. The molecule has 2 aliphatic rings. The second-order valence-corrected chi connectivity index (χ2v) is 8.58. The van der Waals surface area contributed by atoms with Gasteiger partial charge in [0.25, 0.3) is 0 Å². The summed E-state index contributed by atoms with van der Waals surface area (Å²) >= 11 is 0. The quantitative estimate of drug-likeness (QED) is 0.857. The molecule has 2 saturated heterocycles. The van der Waals surface area contributed by atoms with Gasteiger partial charge in [0.2, 0.25) is 0 Å². The molecule has 138 valence electrons. The summed E-state index contributed by atoms with van der Waals surface area (Å²) < 4.78 is 0. The lowest BCUT2D eigenvalue weighted by atomic mass is 9.73. The minimum atomic E-state index is -0.906. The van der Waals surface area contributed by atoms with Gasteiger partial charge in [0, 0.05) is 12.1 Å². The lowest BCUT2D eigenvalue weighted by Crippen LogP contribution is -2.42. The molecule has 0 aromatic heterocycles. The van der Waals surface area contributed by atoms with Crippen LogP contribution in [0.3, 0.4) is 0 Å². The van der Waals surface area contributed by atoms with Crippen molar-refractivity contribution in [3.05, 3.63) is 70.8 Å². The third-order valence-electron chi connectivity index (χ3n) is 6.96. The normalized spacial score (nSPS) is 26.2. The van der Waals surface area contributed by atoms with Crippen LogP contribution in [0, 0.1) is 19.8 Å². The fraction of sp³-hybridized carbons (Fsp3) is 0.500. The number of hydrogen-bond donors (Lipinski definition) is 1. The molecule has 1 N–H and O–H groups in total. The van der Waals surface area contributed by atoms with Crippen LogP contribution in [0.5, 0.6) is 0 Å². The van der Waals surface area contributed by atoms with Crippen molar-refractivity contribution in [2.45, 2.75) is 63.6 Å². The van der Waals surface area contributed by atoms with Crippen molar-refractivity contribution in [1.29, 1.82) is 0 Å². The van der Waals surface area contributed by atoms with Crippen molar-refractivity contribution >= 4 is 0 Å². The zero-order valence-electron chi connectivity index (χ0n) is 16.3. The van der Waals surface area contributed by atoms with Crippen molar-refractivity contribution in [2.75, 3.05) is 7.05 Å². The van der Waals surface area contributed by atoms with E-state index in [-0.39, 0.29) is 0 Å². The van der Waals surface area contributed by atoms with Gasteiger partial charge in [-0.05, 0) is 81.2 Å². The fourth-order valence-electron chi connectivity index (χ4n) is 5.55. The standard InChI is InChI=1S/C24H31NO/c1-17-8-4-6-10-22(17)24(26,23-11-7-5-9-18(23)2)16-19-14-20-12-13-21(15-19)25(20)3/h4-11,19-21,26H,12-16H2,1-3H3. The van der Waals surface area contributed by atoms with Crippen molar-refractivity contribution in [3.8, 4) is 0 Å². The lowest BCUT2D eigenvalue weighted by molar-refractivity contribution is 0.0259. The minimum Gasteiger partial charge on any atom is -0.380 e. The summed E-state index contributed by atoms with van der Waals surface area (Å²) in [4.78, 5) is 2.58. The number of piperidine rings is 1. The highest BCUT2D eigenvalue weighted by Gasteiger charge is 2.43. The van der Waals surface area contributed by atoms with E-state index in [2.05, 4.69) is 74.3 Å². The highest BCUT2D eigenvalue weighted by atomic mass is 16.3. The number of benzene rings is 2. The summed E-state index contributed by atoms with van der Waals surface area (Å²) in [7, 11) is 2.29. The van der Waals surface area contributed by atoms with E-state index in [4.69, 9.17) is 0 Å². The van der Waals surface area contributed by atoms with Gasteiger partial charge in [-0.2, -0.15) is 0 Å². The minimum absolute atomic E-state index is 0.577. The van der Waals surface area contributed by atoms with Crippen LogP contribution in [0.1, 0.15) is 54.4 Å². The molecule has 0 amide bonds. The van der Waals surface area contributed by atoms with E-state index >= 15 is 0 Å². The summed E-state index contributed by atoms with van der Waals surface area (Å²) in [5.74, 6) is 0.577. The smallest absolute Gasteiger partial charge is 0.115 e. The fourth-order valence-corrected chi connectivity index (χ4v) is 5.55. The maximum absolute atomic E-state index is 12.1. The van der Waals surface area contributed by atoms with Crippen molar-refractivity contribution in [3.63, 3.8) is 0 Å². The van der Waals surface area contributed by atoms with Gasteiger partial charge < -0.3 is 10.0 Å². The lowest BCUT2D eigenvalue weighted by Gasteiger charge is -2.41. The molecule has 0 radical (unpaired) electrons. The molecule has 0 saturated carbocycles. The molecular weight excluding hydrogens is 318 g/mol. The van der Waals surface area contributed by atoms with Crippen LogP contribution in [0.25, 0.3) is 0 Å². The van der Waals surface area contributed by atoms with E-state index in [1.165, 1.54) is 36.8 Å². The van der Waals surface area contributed by atoms with Gasteiger partial charge in [0.1, 0.15) is 5.60 Å². The van der Waals surface area contributed by atoms with Gasteiger partial charge in [-0.15, -0.1) is 0 Å². The predicted octanol–water partition coefficient (Wildman–Crippen LogP) is 4.80. The summed E-state index contributed by atoms with van der Waals surface area (Å²) in [5.41, 5.74) is 3.58. The van der Waals surface area contributed by atoms with E-state index in [1.54, 1.807) is 0 Å². The van der Waals surface area contributed by atoms with E-state index < -0.39 is 5.60 Å². The first-order valence-electron chi connectivity index (χ1n) is 10.1. The molecule has 4 rings (SSSR count). The van der Waals surface area contributed by atoms with E-state index in [0.29, 0.717) is 18.0 Å². The SMILES string of the molecule is Cc1ccccc1C(O)(CC1CC2CCC(C1)N2C)c1ccccc1C. The Hall–Kier alpha value is -1.64. The maximum Gasteiger partial charge on any atom is 0.115 e. The number of fused-ring (bicyclic) bond motifs is 2. The van der Waals surface area contributed by atoms with Gasteiger partial charge in [-0.1, -0.05) is 48.5 Å². The zero-order chi connectivity index (χ0) is 18.3. The molecule has 0 spiro atoms. The van der Waals surface area contributed by atoms with Crippen molar-refractivity contribution in [1.82, 2.24) is 4.90 Å². The average molecular weight is 350 g/mol. The molecule has 2 nitrogen and oxygen atoms in total. The highest BCUT2D eigenvalue weighted by Crippen LogP contribution is 2.45. The third kappa shape index (κ3) is 3.00. The molecule has 2 aromatic rings. The van der Waals surface area contributed by atoms with Gasteiger partial charge in [0.15, 0.2) is 0 Å². The van der Waals surface area contributed by atoms with Crippen LogP contribution in [-0.4, -0.2) is 29.1 Å². The maximum atomic E-state index is 12.1. The Bertz CT molecular complexity index is 724. The van der Waals surface area contributed by atoms with Gasteiger partial charge >= 0.3 is 0 Å². The Morgan fingerprint density at radius 1 is 0.885 bits per heavy atom. The number of rotatable bonds is 4. The second-order valence-electron chi connectivity index (χ2n) is 8.58. The van der Waals surface area contributed by atoms with Crippen LogP contribution in [0.4, 0.5) is 0 Å². The largest absolute Gasteiger partial charge is 0.380 e. The van der Waals surface area contributed by atoms with Crippen LogP contribution >= 0.6 is 0 Å². The molecule has 2 heteroatoms. The Kier molecular flexibility index (Phi) is 4.66. The summed E-state index contributed by atoms with van der Waals surface area (Å²) in [6.45, 7) is 4.24. The van der Waals surface area contributed by atoms with Gasteiger partial charge in [-0.3, -0.25) is 0 Å². The zero-order valence-corrected chi connectivity index (χ0v) is 16.3. The van der Waals surface area contributed by atoms with Gasteiger partial charge in [-0.25, -0.2) is 0 Å². The van der Waals surface area contributed by atoms with E-state index in [0.717, 1.165) is 17.5 Å². The first kappa shape index (κ1) is 17.8.